The Morgan fingerprint density at radius 2 is 2.14 bits per heavy atom. The van der Waals surface area contributed by atoms with Crippen LogP contribution in [0.25, 0.3) is 28.3 Å². The van der Waals surface area contributed by atoms with Crippen LogP contribution < -0.4 is 10.6 Å². The van der Waals surface area contributed by atoms with Gasteiger partial charge in [0.25, 0.3) is 5.91 Å². The number of pyridine rings is 1. The van der Waals surface area contributed by atoms with Crippen molar-refractivity contribution in [1.29, 1.82) is 0 Å². The predicted octanol–water partition coefficient (Wildman–Crippen LogP) is 2.95. The van der Waals surface area contributed by atoms with Crippen LogP contribution in [-0.4, -0.2) is 75.7 Å². The lowest BCUT2D eigenvalue weighted by Gasteiger charge is -2.33. The van der Waals surface area contributed by atoms with Crippen molar-refractivity contribution < 1.29 is 18.7 Å². The highest BCUT2D eigenvalue weighted by Crippen LogP contribution is 2.37. The lowest BCUT2D eigenvalue weighted by Crippen LogP contribution is -2.48. The van der Waals surface area contributed by atoms with Crippen LogP contribution in [0.1, 0.15) is 35.7 Å². The first kappa shape index (κ1) is 22.9. The molecule has 188 valence electrons. The first-order valence-electron chi connectivity index (χ1n) is 12.2. The van der Waals surface area contributed by atoms with Crippen molar-refractivity contribution in [3.63, 3.8) is 0 Å². The first-order valence-corrected chi connectivity index (χ1v) is 12.2. The standard InChI is InChI=1S/C25H28FN7O3/c1-27-22-10-19(30-24-16(12-29-33(22)24)25(34)31-18-6-5-17(18)26)15-11-28-23-14(15)4-3-8-32(23)20-7-9-36-13-21(20)35-2/h3-4,8,10-12,17-18,20-21,27H,5-7,9,13H2,1-2H3,(H,31,34)/t17-,18?,20+,21+/m0/s1. The molecule has 0 radical (unpaired) electrons. The van der Waals surface area contributed by atoms with Crippen LogP contribution in [0.4, 0.5) is 10.2 Å². The third-order valence-corrected chi connectivity index (χ3v) is 7.29. The maximum atomic E-state index is 13.7. The average molecular weight is 494 g/mol. The molecule has 0 aromatic carbocycles. The second-order valence-electron chi connectivity index (χ2n) is 9.27. The number of carbonyl (C=O) groups excluding carboxylic acids is 1. The largest absolute Gasteiger partial charge is 0.379 e. The monoisotopic (exact) mass is 493 g/mol. The van der Waals surface area contributed by atoms with Gasteiger partial charge in [-0.15, -0.1) is 0 Å². The van der Waals surface area contributed by atoms with E-state index in [1.165, 1.54) is 6.20 Å². The van der Waals surface area contributed by atoms with E-state index in [1.807, 2.05) is 24.4 Å². The van der Waals surface area contributed by atoms with Crippen molar-refractivity contribution in [2.75, 3.05) is 32.7 Å². The number of anilines is 1. The summed E-state index contributed by atoms with van der Waals surface area (Å²) in [5.41, 5.74) is 3.14. The summed E-state index contributed by atoms with van der Waals surface area (Å²) < 4.78 is 28.8. The third-order valence-electron chi connectivity index (χ3n) is 7.29. The summed E-state index contributed by atoms with van der Waals surface area (Å²) in [6.45, 7) is 1.21. The molecule has 4 aliphatic rings. The lowest BCUT2D eigenvalue weighted by atomic mass is 9.90. The summed E-state index contributed by atoms with van der Waals surface area (Å²) >= 11 is 0. The summed E-state index contributed by atoms with van der Waals surface area (Å²) in [4.78, 5) is 22.5. The number of carbonyl (C=O) groups is 1. The molecular formula is C25H28FN7O3. The van der Waals surface area contributed by atoms with E-state index in [9.17, 15) is 9.18 Å². The highest BCUT2D eigenvalue weighted by Gasteiger charge is 2.33. The molecule has 0 spiro atoms. The Hall–Kier alpha value is -3.57. The van der Waals surface area contributed by atoms with Crippen LogP contribution in [0.3, 0.4) is 0 Å². The van der Waals surface area contributed by atoms with E-state index in [-0.39, 0.29) is 18.1 Å². The molecule has 4 atom stereocenters. The molecule has 0 bridgehead atoms. The molecule has 3 aliphatic heterocycles. The van der Waals surface area contributed by atoms with Gasteiger partial charge in [0.05, 0.1) is 30.6 Å². The van der Waals surface area contributed by atoms with Crippen LogP contribution in [0.2, 0.25) is 0 Å². The summed E-state index contributed by atoms with van der Waals surface area (Å²) in [5.74, 6) is 1.13. The third kappa shape index (κ3) is 3.70. The van der Waals surface area contributed by atoms with Gasteiger partial charge in [0.2, 0.25) is 0 Å². The highest BCUT2D eigenvalue weighted by molar-refractivity contribution is 6.00. The number of fused-ring (bicyclic) bond motifs is 2. The fourth-order valence-corrected chi connectivity index (χ4v) is 5.08. The van der Waals surface area contributed by atoms with Crippen molar-refractivity contribution in [3.8, 4) is 22.6 Å². The van der Waals surface area contributed by atoms with Gasteiger partial charge in [0.1, 0.15) is 29.5 Å². The van der Waals surface area contributed by atoms with E-state index in [4.69, 9.17) is 19.4 Å². The van der Waals surface area contributed by atoms with Gasteiger partial charge in [-0.3, -0.25) is 4.79 Å². The van der Waals surface area contributed by atoms with Gasteiger partial charge in [-0.2, -0.15) is 9.61 Å². The molecule has 36 heavy (non-hydrogen) atoms. The van der Waals surface area contributed by atoms with E-state index < -0.39 is 12.2 Å². The zero-order chi connectivity index (χ0) is 24.8. The number of ether oxygens (including phenoxy) is 2. The Morgan fingerprint density at radius 3 is 2.89 bits per heavy atom. The van der Waals surface area contributed by atoms with E-state index in [0.717, 1.165) is 23.4 Å². The van der Waals surface area contributed by atoms with Crippen LogP contribution in [0.15, 0.2) is 36.8 Å². The number of amides is 1. The Bertz CT molecular complexity index is 1390. The quantitative estimate of drug-likeness (QED) is 0.425. The minimum absolute atomic E-state index is 0.0627. The Kier molecular flexibility index (Phi) is 5.81. The van der Waals surface area contributed by atoms with Gasteiger partial charge in [-0.25, -0.2) is 14.4 Å². The molecule has 2 N–H and O–H groups in total. The van der Waals surface area contributed by atoms with Crippen molar-refractivity contribution in [2.24, 2.45) is 0 Å². The molecule has 1 unspecified atom stereocenters. The number of aromatic nitrogens is 5. The van der Waals surface area contributed by atoms with Gasteiger partial charge < -0.3 is 24.7 Å². The van der Waals surface area contributed by atoms with Gasteiger partial charge in [0, 0.05) is 50.4 Å². The molecule has 2 aromatic rings. The maximum Gasteiger partial charge on any atom is 0.257 e. The predicted molar refractivity (Wildman–Crippen MR) is 131 cm³/mol. The molecule has 11 heteroatoms. The van der Waals surface area contributed by atoms with Crippen LogP contribution >= 0.6 is 0 Å². The van der Waals surface area contributed by atoms with Crippen LogP contribution in [0.5, 0.6) is 0 Å². The molecule has 10 nitrogen and oxygen atoms in total. The SMILES string of the molecule is CNc1cc(-c2cnc3n([C@@H]4CCOC[C@H]4OC)cccc2-3)nc2c(C(=O)NC3CC[C@@H]3F)cnn12. The topological polar surface area (TPSA) is 108 Å². The van der Waals surface area contributed by atoms with Crippen LogP contribution in [0, 0.1) is 0 Å². The summed E-state index contributed by atoms with van der Waals surface area (Å²) in [6.07, 6.45) is 6.17. The number of methoxy groups -OCH3 is 1. The molecule has 2 fully saturated rings. The van der Waals surface area contributed by atoms with Gasteiger partial charge in [0.15, 0.2) is 5.65 Å². The highest BCUT2D eigenvalue weighted by atomic mass is 19.1. The number of nitrogens with one attached hydrogen (secondary N) is 2. The molecule has 1 saturated heterocycles. The van der Waals surface area contributed by atoms with E-state index in [2.05, 4.69) is 20.3 Å². The molecule has 5 heterocycles. The zero-order valence-electron chi connectivity index (χ0n) is 20.1. The smallest absolute Gasteiger partial charge is 0.257 e. The molecule has 1 aliphatic carbocycles. The van der Waals surface area contributed by atoms with Crippen LogP contribution in [-0.2, 0) is 9.47 Å². The van der Waals surface area contributed by atoms with Crippen molar-refractivity contribution in [3.05, 3.63) is 42.4 Å². The van der Waals surface area contributed by atoms with E-state index >= 15 is 0 Å². The summed E-state index contributed by atoms with van der Waals surface area (Å²) in [7, 11) is 3.49. The molecule has 1 amide bonds. The maximum absolute atomic E-state index is 13.7. The Morgan fingerprint density at radius 1 is 1.25 bits per heavy atom. The Balaban J connectivity index is 1.39. The number of alkyl halides is 1. The number of rotatable bonds is 6. The minimum Gasteiger partial charge on any atom is -0.379 e. The second kappa shape index (κ2) is 9.14. The van der Waals surface area contributed by atoms with E-state index in [0.29, 0.717) is 48.8 Å². The van der Waals surface area contributed by atoms with Crippen molar-refractivity contribution in [2.45, 2.75) is 43.6 Å². The summed E-state index contributed by atoms with van der Waals surface area (Å²) in [5, 5.41) is 10.3. The number of nitrogens with zero attached hydrogens (tertiary/aromatic N) is 5. The van der Waals surface area contributed by atoms with Gasteiger partial charge >= 0.3 is 0 Å². The normalized spacial score (nSPS) is 24.1. The Labute approximate surface area is 207 Å². The molecular weight excluding hydrogens is 465 g/mol. The average Bonchev–Trinajstić information content (AvgIpc) is 3.54. The minimum atomic E-state index is -1.01. The summed E-state index contributed by atoms with van der Waals surface area (Å²) in [6, 6.07) is 5.54. The number of hydrogen-bond acceptors (Lipinski definition) is 7. The second-order valence-corrected chi connectivity index (χ2v) is 9.27. The number of hydrogen-bond donors (Lipinski definition) is 2. The first-order chi connectivity index (χ1) is 17.6. The van der Waals surface area contributed by atoms with E-state index in [1.54, 1.807) is 24.9 Å². The molecule has 6 rings (SSSR count). The molecule has 1 saturated carbocycles. The fraction of sp³-hybridized carbons (Fsp3) is 0.440. The lowest BCUT2D eigenvalue weighted by molar-refractivity contribution is -0.0600. The van der Waals surface area contributed by atoms with Crippen molar-refractivity contribution in [1.82, 2.24) is 29.5 Å². The van der Waals surface area contributed by atoms with Crippen molar-refractivity contribution >= 4 is 17.4 Å². The molecule has 2 aromatic heterocycles. The number of halogens is 1. The van der Waals surface area contributed by atoms with Gasteiger partial charge in [-0.1, -0.05) is 0 Å². The van der Waals surface area contributed by atoms with Gasteiger partial charge in [-0.05, 0) is 31.4 Å². The fourth-order valence-electron chi connectivity index (χ4n) is 5.08. The zero-order valence-corrected chi connectivity index (χ0v) is 20.1.